The second-order valence-electron chi connectivity index (χ2n) is 5.09. The largest absolute Gasteiger partial charge is 0.432 e. The lowest BCUT2D eigenvalue weighted by molar-refractivity contribution is 0.515. The molecule has 0 spiro atoms. The van der Waals surface area contributed by atoms with Gasteiger partial charge in [0, 0.05) is 44.3 Å². The highest BCUT2D eigenvalue weighted by Gasteiger charge is 2.21. The number of anilines is 2. The molecule has 1 saturated heterocycles. The number of nitrogens with zero attached hydrogens (tertiary/aromatic N) is 4. The molecule has 0 aromatic carbocycles. The average Bonchev–Trinajstić information content (AvgIpc) is 3.20. The molecule has 1 fully saturated rings. The topological polar surface area (TPSA) is 57.4 Å². The third-order valence-electron chi connectivity index (χ3n) is 3.51. The molecule has 0 amide bonds. The van der Waals surface area contributed by atoms with Crippen molar-refractivity contribution in [1.29, 1.82) is 0 Å². The van der Waals surface area contributed by atoms with Gasteiger partial charge in [-0.05, 0) is 13.0 Å². The minimum absolute atomic E-state index is 0.738. The highest BCUT2D eigenvalue weighted by Crippen LogP contribution is 2.21. The Labute approximate surface area is 128 Å². The summed E-state index contributed by atoms with van der Waals surface area (Å²) in [5.74, 6) is 0. The number of aromatic nitrogens is 2. The van der Waals surface area contributed by atoms with Crippen molar-refractivity contribution < 1.29 is 4.42 Å². The minimum atomic E-state index is 0.738. The van der Waals surface area contributed by atoms with Gasteiger partial charge in [0.1, 0.15) is 6.26 Å². The zero-order valence-electron chi connectivity index (χ0n) is 12.3. The van der Waals surface area contributed by atoms with Gasteiger partial charge in [-0.1, -0.05) is 6.92 Å². The van der Waals surface area contributed by atoms with Crippen LogP contribution in [0.3, 0.4) is 0 Å². The Kier molecular flexibility index (Phi) is 4.72. The first-order chi connectivity index (χ1) is 10.4. The van der Waals surface area contributed by atoms with Gasteiger partial charge in [-0.2, -0.15) is 4.98 Å². The molecule has 1 aliphatic rings. The number of hydrogen-bond acceptors (Lipinski definition) is 7. The molecule has 6 nitrogen and oxygen atoms in total. The maximum atomic E-state index is 5.60. The molecule has 0 bridgehead atoms. The summed E-state index contributed by atoms with van der Waals surface area (Å²) in [4.78, 5) is 13.4. The van der Waals surface area contributed by atoms with Crippen molar-refractivity contribution in [2.75, 3.05) is 42.5 Å². The molecule has 3 heterocycles. The number of rotatable bonds is 6. The Balaban J connectivity index is 1.52. The van der Waals surface area contributed by atoms with Gasteiger partial charge in [0.15, 0.2) is 5.13 Å². The first kappa shape index (κ1) is 14.3. The molecule has 0 aliphatic carbocycles. The monoisotopic (exact) mass is 307 g/mol. The third kappa shape index (κ3) is 3.54. The van der Waals surface area contributed by atoms with Crippen molar-refractivity contribution in [1.82, 2.24) is 15.3 Å². The number of piperazine rings is 1. The van der Waals surface area contributed by atoms with Crippen molar-refractivity contribution in [3.05, 3.63) is 23.5 Å². The molecular weight excluding hydrogens is 286 g/mol. The summed E-state index contributed by atoms with van der Waals surface area (Å²) in [5, 5.41) is 6.46. The summed E-state index contributed by atoms with van der Waals surface area (Å²) in [6.07, 6.45) is 4.74. The van der Waals surface area contributed by atoms with Gasteiger partial charge in [-0.25, -0.2) is 4.98 Å². The molecule has 1 aliphatic heterocycles. The Hall–Kier alpha value is -1.60. The van der Waals surface area contributed by atoms with Gasteiger partial charge >= 0.3 is 0 Å². The van der Waals surface area contributed by atoms with E-state index in [1.54, 1.807) is 17.6 Å². The molecule has 1 N–H and O–H groups in total. The second kappa shape index (κ2) is 6.91. The lowest BCUT2D eigenvalue weighted by Crippen LogP contribution is -2.46. The molecule has 0 atom stereocenters. The Bertz CT molecular complexity index is 533. The smallest absolute Gasteiger partial charge is 0.297 e. The van der Waals surface area contributed by atoms with E-state index in [0.29, 0.717) is 0 Å². The van der Waals surface area contributed by atoms with Crippen LogP contribution in [-0.4, -0.2) is 42.7 Å². The van der Waals surface area contributed by atoms with Crippen LogP contribution in [0.5, 0.6) is 0 Å². The highest BCUT2D eigenvalue weighted by molar-refractivity contribution is 7.13. The zero-order chi connectivity index (χ0) is 14.5. The molecule has 3 rings (SSSR count). The van der Waals surface area contributed by atoms with Crippen LogP contribution in [0.1, 0.15) is 19.0 Å². The first-order valence-corrected chi connectivity index (χ1v) is 8.29. The summed E-state index contributed by atoms with van der Waals surface area (Å²) in [7, 11) is 0. The van der Waals surface area contributed by atoms with E-state index < -0.39 is 0 Å². The van der Waals surface area contributed by atoms with Crippen LogP contribution >= 0.6 is 11.3 Å². The van der Waals surface area contributed by atoms with E-state index in [0.717, 1.165) is 62.5 Å². The van der Waals surface area contributed by atoms with E-state index in [4.69, 9.17) is 4.42 Å². The van der Waals surface area contributed by atoms with E-state index in [1.807, 2.05) is 11.6 Å². The van der Waals surface area contributed by atoms with Crippen molar-refractivity contribution in [2.45, 2.75) is 19.9 Å². The molecule has 0 unspecified atom stereocenters. The SMILES string of the molecule is CCCNCc1coc(N2CCN(c3nccs3)CC2)n1. The third-order valence-corrected chi connectivity index (χ3v) is 4.34. The van der Waals surface area contributed by atoms with Crippen LogP contribution in [0.2, 0.25) is 0 Å². The molecule has 0 saturated carbocycles. The number of thiazole rings is 1. The number of oxazole rings is 1. The molecule has 7 heteroatoms. The summed E-state index contributed by atoms with van der Waals surface area (Å²) in [6.45, 7) is 7.69. The van der Waals surface area contributed by atoms with Crippen molar-refractivity contribution >= 4 is 22.5 Å². The fourth-order valence-corrected chi connectivity index (χ4v) is 3.07. The van der Waals surface area contributed by atoms with Gasteiger partial charge < -0.3 is 19.5 Å². The molecule has 2 aromatic rings. The fourth-order valence-electron chi connectivity index (χ4n) is 2.38. The number of hydrogen-bond donors (Lipinski definition) is 1. The molecule has 2 aromatic heterocycles. The molecular formula is C14H21N5OS. The minimum Gasteiger partial charge on any atom is -0.432 e. The lowest BCUT2D eigenvalue weighted by atomic mass is 10.3. The van der Waals surface area contributed by atoms with E-state index in [9.17, 15) is 0 Å². The molecule has 114 valence electrons. The van der Waals surface area contributed by atoms with Crippen LogP contribution in [0, 0.1) is 0 Å². The zero-order valence-corrected chi connectivity index (χ0v) is 13.1. The second-order valence-corrected chi connectivity index (χ2v) is 5.96. The summed E-state index contributed by atoms with van der Waals surface area (Å²) in [6, 6.07) is 0.738. The standard InChI is InChI=1S/C14H21N5OS/c1-2-3-15-10-12-11-20-13(17-12)18-5-7-19(8-6-18)14-16-4-9-21-14/h4,9,11,15H,2-3,5-8,10H2,1H3. The Morgan fingerprint density at radius 2 is 2.10 bits per heavy atom. The Morgan fingerprint density at radius 1 is 1.29 bits per heavy atom. The fraction of sp³-hybridized carbons (Fsp3) is 0.571. The van der Waals surface area contributed by atoms with E-state index in [-0.39, 0.29) is 0 Å². The van der Waals surface area contributed by atoms with Gasteiger partial charge in [-0.15, -0.1) is 11.3 Å². The van der Waals surface area contributed by atoms with Gasteiger partial charge in [-0.3, -0.25) is 0 Å². The quantitative estimate of drug-likeness (QED) is 0.823. The summed E-state index contributed by atoms with van der Waals surface area (Å²) >= 11 is 1.69. The maximum Gasteiger partial charge on any atom is 0.297 e. The van der Waals surface area contributed by atoms with Crippen molar-refractivity contribution in [3.8, 4) is 0 Å². The van der Waals surface area contributed by atoms with Crippen LogP contribution in [0.15, 0.2) is 22.3 Å². The van der Waals surface area contributed by atoms with Crippen molar-refractivity contribution in [3.63, 3.8) is 0 Å². The van der Waals surface area contributed by atoms with E-state index in [2.05, 4.69) is 32.0 Å². The maximum absolute atomic E-state index is 5.60. The van der Waals surface area contributed by atoms with E-state index >= 15 is 0 Å². The molecule has 21 heavy (non-hydrogen) atoms. The van der Waals surface area contributed by atoms with Gasteiger partial charge in [0.2, 0.25) is 0 Å². The Morgan fingerprint density at radius 3 is 2.81 bits per heavy atom. The lowest BCUT2D eigenvalue weighted by Gasteiger charge is -2.33. The van der Waals surface area contributed by atoms with Crippen LogP contribution < -0.4 is 15.1 Å². The van der Waals surface area contributed by atoms with Gasteiger partial charge in [0.25, 0.3) is 6.01 Å². The van der Waals surface area contributed by atoms with Gasteiger partial charge in [0.05, 0.1) is 5.69 Å². The predicted molar refractivity (Wildman–Crippen MR) is 85.0 cm³/mol. The summed E-state index contributed by atoms with van der Waals surface area (Å²) in [5.41, 5.74) is 0.973. The van der Waals surface area contributed by atoms with Crippen LogP contribution in [0.4, 0.5) is 11.1 Å². The van der Waals surface area contributed by atoms with E-state index in [1.165, 1.54) is 0 Å². The first-order valence-electron chi connectivity index (χ1n) is 7.41. The summed E-state index contributed by atoms with van der Waals surface area (Å²) < 4.78 is 5.60. The van der Waals surface area contributed by atoms with Crippen LogP contribution in [0.25, 0.3) is 0 Å². The van der Waals surface area contributed by atoms with Crippen LogP contribution in [-0.2, 0) is 6.54 Å². The van der Waals surface area contributed by atoms with Crippen molar-refractivity contribution in [2.24, 2.45) is 0 Å². The normalized spacial score (nSPS) is 15.7. The highest BCUT2D eigenvalue weighted by atomic mass is 32.1. The molecule has 0 radical (unpaired) electrons. The average molecular weight is 307 g/mol. The number of nitrogens with one attached hydrogen (secondary N) is 1. The predicted octanol–water partition coefficient (Wildman–Crippen LogP) is 1.96.